The molecule has 1 aliphatic rings. The van der Waals surface area contributed by atoms with E-state index in [1.54, 1.807) is 24.3 Å². The molecule has 1 aliphatic heterocycles. The van der Waals surface area contributed by atoms with Crippen LogP contribution in [0.4, 0.5) is 5.69 Å². The van der Waals surface area contributed by atoms with Crippen molar-refractivity contribution in [2.75, 3.05) is 18.4 Å². The molecule has 0 aliphatic carbocycles. The van der Waals surface area contributed by atoms with Crippen molar-refractivity contribution in [1.29, 1.82) is 0 Å². The van der Waals surface area contributed by atoms with Crippen LogP contribution in [-0.4, -0.2) is 39.4 Å². The minimum absolute atomic E-state index is 0.0114. The standard InChI is InChI=1S/C23H26N4O2/c1-15(28)24-17-11-9-16(10-12-17)21(29)26-13-18(14-26)27-20-8-6-5-7-19(20)25-22(27)23(2,3)4/h5-12,18H,13-14H2,1-4H3,(H,24,28). The Bertz CT molecular complexity index is 1070. The largest absolute Gasteiger partial charge is 0.334 e. The summed E-state index contributed by atoms with van der Waals surface area (Å²) in [5, 5.41) is 2.72. The summed E-state index contributed by atoms with van der Waals surface area (Å²) < 4.78 is 2.30. The quantitative estimate of drug-likeness (QED) is 0.735. The molecule has 0 atom stereocenters. The summed E-state index contributed by atoms with van der Waals surface area (Å²) in [7, 11) is 0. The smallest absolute Gasteiger partial charge is 0.253 e. The zero-order valence-electron chi connectivity index (χ0n) is 17.3. The molecule has 1 N–H and O–H groups in total. The first-order chi connectivity index (χ1) is 13.7. The van der Waals surface area contributed by atoms with Crippen molar-refractivity contribution >= 4 is 28.5 Å². The van der Waals surface area contributed by atoms with Gasteiger partial charge in [-0.25, -0.2) is 4.98 Å². The van der Waals surface area contributed by atoms with Crippen LogP contribution in [0.2, 0.25) is 0 Å². The van der Waals surface area contributed by atoms with Crippen molar-refractivity contribution < 1.29 is 9.59 Å². The van der Waals surface area contributed by atoms with Crippen molar-refractivity contribution in [3.8, 4) is 0 Å². The fourth-order valence-electron chi connectivity index (χ4n) is 3.81. The molecule has 6 nitrogen and oxygen atoms in total. The molecule has 1 aromatic heterocycles. The highest BCUT2D eigenvalue weighted by Gasteiger charge is 2.36. The lowest BCUT2D eigenvalue weighted by atomic mass is 9.94. The number of nitrogens with zero attached hydrogens (tertiary/aromatic N) is 3. The monoisotopic (exact) mass is 390 g/mol. The van der Waals surface area contributed by atoms with E-state index in [1.807, 2.05) is 23.1 Å². The van der Waals surface area contributed by atoms with Crippen LogP contribution in [0.25, 0.3) is 11.0 Å². The third kappa shape index (κ3) is 3.62. The van der Waals surface area contributed by atoms with Gasteiger partial charge in [-0.3, -0.25) is 9.59 Å². The number of imidazole rings is 1. The van der Waals surface area contributed by atoms with Gasteiger partial charge in [0.1, 0.15) is 5.82 Å². The number of likely N-dealkylation sites (tertiary alicyclic amines) is 1. The second kappa shape index (κ2) is 7.03. The summed E-state index contributed by atoms with van der Waals surface area (Å²) in [5.74, 6) is 0.935. The van der Waals surface area contributed by atoms with E-state index in [9.17, 15) is 9.59 Å². The molecule has 3 aromatic rings. The molecule has 2 amide bonds. The van der Waals surface area contributed by atoms with Crippen LogP contribution in [-0.2, 0) is 10.2 Å². The lowest BCUT2D eigenvalue weighted by molar-refractivity contribution is -0.114. The molecule has 0 saturated carbocycles. The summed E-state index contributed by atoms with van der Waals surface area (Å²) in [4.78, 5) is 30.7. The lowest BCUT2D eigenvalue weighted by Crippen LogP contribution is -2.51. The van der Waals surface area contributed by atoms with Crippen LogP contribution in [0.3, 0.4) is 0 Å². The Hall–Kier alpha value is -3.15. The van der Waals surface area contributed by atoms with Gasteiger partial charge in [0.05, 0.1) is 17.1 Å². The van der Waals surface area contributed by atoms with E-state index >= 15 is 0 Å². The van der Waals surface area contributed by atoms with Crippen molar-refractivity contribution in [2.45, 2.75) is 39.2 Å². The zero-order valence-corrected chi connectivity index (χ0v) is 17.3. The maximum atomic E-state index is 12.8. The fraction of sp³-hybridized carbons (Fsp3) is 0.348. The number of amides is 2. The molecule has 0 bridgehead atoms. The highest BCUT2D eigenvalue weighted by atomic mass is 16.2. The average molecular weight is 390 g/mol. The summed E-state index contributed by atoms with van der Waals surface area (Å²) in [6.07, 6.45) is 0. The average Bonchev–Trinajstić information content (AvgIpc) is 3.00. The molecule has 1 saturated heterocycles. The van der Waals surface area contributed by atoms with Gasteiger partial charge >= 0.3 is 0 Å². The van der Waals surface area contributed by atoms with Crippen LogP contribution in [0, 0.1) is 0 Å². The number of carbonyl (C=O) groups is 2. The van der Waals surface area contributed by atoms with Crippen LogP contribution < -0.4 is 5.32 Å². The second-order valence-electron chi connectivity index (χ2n) is 8.67. The van der Waals surface area contributed by atoms with Gasteiger partial charge in [-0.05, 0) is 36.4 Å². The Morgan fingerprint density at radius 2 is 1.69 bits per heavy atom. The maximum absolute atomic E-state index is 12.8. The first-order valence-electron chi connectivity index (χ1n) is 9.88. The second-order valence-corrected chi connectivity index (χ2v) is 8.67. The van der Waals surface area contributed by atoms with E-state index in [4.69, 9.17) is 4.98 Å². The zero-order chi connectivity index (χ0) is 20.8. The molecule has 0 spiro atoms. The van der Waals surface area contributed by atoms with Gasteiger partial charge in [0.25, 0.3) is 5.91 Å². The molecular formula is C23H26N4O2. The molecule has 150 valence electrons. The summed E-state index contributed by atoms with van der Waals surface area (Å²) >= 11 is 0. The molecular weight excluding hydrogens is 364 g/mol. The number of rotatable bonds is 3. The lowest BCUT2D eigenvalue weighted by Gasteiger charge is -2.42. The summed E-state index contributed by atoms with van der Waals surface area (Å²) in [6.45, 7) is 9.30. The van der Waals surface area contributed by atoms with Gasteiger partial charge in [0.15, 0.2) is 0 Å². The highest BCUT2D eigenvalue weighted by molar-refractivity contribution is 5.96. The number of benzene rings is 2. The predicted molar refractivity (Wildman–Crippen MR) is 114 cm³/mol. The van der Waals surface area contributed by atoms with Gasteiger partial charge in [0.2, 0.25) is 5.91 Å². The normalized spacial score (nSPS) is 14.7. The van der Waals surface area contributed by atoms with Crippen molar-refractivity contribution in [1.82, 2.24) is 14.5 Å². The SMILES string of the molecule is CC(=O)Nc1ccc(C(=O)N2CC(n3c(C(C)(C)C)nc4ccccc43)C2)cc1. The Kier molecular flexibility index (Phi) is 4.65. The third-order valence-corrected chi connectivity index (χ3v) is 5.23. The number of hydrogen-bond donors (Lipinski definition) is 1. The fourth-order valence-corrected chi connectivity index (χ4v) is 3.81. The molecule has 4 rings (SSSR count). The van der Waals surface area contributed by atoms with E-state index in [0.717, 1.165) is 16.9 Å². The molecule has 29 heavy (non-hydrogen) atoms. The summed E-state index contributed by atoms with van der Waals surface area (Å²) in [6, 6.07) is 15.4. The van der Waals surface area contributed by atoms with Gasteiger partial charge in [-0.1, -0.05) is 32.9 Å². The van der Waals surface area contributed by atoms with Crippen LogP contribution >= 0.6 is 0 Å². The van der Waals surface area contributed by atoms with Gasteiger partial charge < -0.3 is 14.8 Å². The Morgan fingerprint density at radius 1 is 1.03 bits per heavy atom. The molecule has 2 aromatic carbocycles. The van der Waals surface area contributed by atoms with E-state index < -0.39 is 0 Å². The third-order valence-electron chi connectivity index (χ3n) is 5.23. The molecule has 0 unspecified atom stereocenters. The first kappa shape index (κ1) is 19.2. The van der Waals surface area contributed by atoms with Gasteiger partial charge in [-0.15, -0.1) is 0 Å². The Balaban J connectivity index is 1.53. The van der Waals surface area contributed by atoms with Crippen molar-refractivity contribution in [3.05, 3.63) is 59.9 Å². The van der Waals surface area contributed by atoms with E-state index in [1.165, 1.54) is 6.92 Å². The van der Waals surface area contributed by atoms with Gasteiger partial charge in [-0.2, -0.15) is 0 Å². The molecule has 2 heterocycles. The van der Waals surface area contributed by atoms with E-state index in [2.05, 4.69) is 36.7 Å². The summed E-state index contributed by atoms with van der Waals surface area (Å²) in [5.41, 5.74) is 3.35. The minimum atomic E-state index is -0.128. The van der Waals surface area contributed by atoms with Gasteiger partial charge in [0, 0.05) is 36.7 Å². The number of fused-ring (bicyclic) bond motifs is 1. The van der Waals surface area contributed by atoms with Crippen LogP contribution in [0.5, 0.6) is 0 Å². The van der Waals surface area contributed by atoms with Crippen molar-refractivity contribution in [3.63, 3.8) is 0 Å². The number of anilines is 1. The topological polar surface area (TPSA) is 67.2 Å². The van der Waals surface area contributed by atoms with E-state index in [-0.39, 0.29) is 23.3 Å². The minimum Gasteiger partial charge on any atom is -0.334 e. The molecule has 6 heteroatoms. The maximum Gasteiger partial charge on any atom is 0.253 e. The number of carbonyl (C=O) groups excluding carboxylic acids is 2. The van der Waals surface area contributed by atoms with E-state index in [0.29, 0.717) is 24.3 Å². The number of para-hydroxylation sites is 2. The number of aromatic nitrogens is 2. The van der Waals surface area contributed by atoms with Crippen LogP contribution in [0.1, 0.15) is 49.9 Å². The number of hydrogen-bond acceptors (Lipinski definition) is 3. The molecule has 0 radical (unpaired) electrons. The van der Waals surface area contributed by atoms with Crippen molar-refractivity contribution in [2.24, 2.45) is 0 Å². The van der Waals surface area contributed by atoms with Crippen LogP contribution in [0.15, 0.2) is 48.5 Å². The molecule has 1 fully saturated rings. The number of nitrogens with one attached hydrogen (secondary N) is 1. The predicted octanol–water partition coefficient (Wildman–Crippen LogP) is 3.99. The first-order valence-corrected chi connectivity index (χ1v) is 9.88. The highest BCUT2D eigenvalue weighted by Crippen LogP contribution is 2.34. The Labute approximate surface area is 170 Å². The Morgan fingerprint density at radius 3 is 2.31 bits per heavy atom.